The minimum atomic E-state index is -1.31. The van der Waals surface area contributed by atoms with E-state index < -0.39 is 6.29 Å². The molecule has 0 amide bonds. The summed E-state index contributed by atoms with van der Waals surface area (Å²) in [7, 11) is 0. The molecule has 0 heterocycles. The van der Waals surface area contributed by atoms with E-state index >= 15 is 0 Å². The Morgan fingerprint density at radius 2 is 2.20 bits per heavy atom. The van der Waals surface area contributed by atoms with Gasteiger partial charge in [-0.15, -0.1) is 0 Å². The van der Waals surface area contributed by atoms with E-state index in [-0.39, 0.29) is 0 Å². The van der Waals surface area contributed by atoms with E-state index in [9.17, 15) is 5.11 Å². The summed E-state index contributed by atoms with van der Waals surface area (Å²) in [4.78, 5) is 3.19. The van der Waals surface area contributed by atoms with Crippen molar-refractivity contribution in [3.63, 3.8) is 0 Å². The zero-order valence-corrected chi connectivity index (χ0v) is 2.84. The minimum Gasteiger partial charge on any atom is -0.249 e. The third-order valence-corrected chi connectivity index (χ3v) is 0.148. The van der Waals surface area contributed by atoms with Gasteiger partial charge in [0.25, 0.3) is 0 Å². The number of hydrogen-bond donors (Lipinski definition) is 1. The first-order chi connectivity index (χ1) is 2.27. The smallest absolute Gasteiger partial charge is 0.221 e. The first kappa shape index (κ1) is 4.88. The predicted octanol–water partition coefficient (Wildman–Crippen LogP) is 0.252. The summed E-state index contributed by atoms with van der Waals surface area (Å²) in [5.74, 6) is 0. The summed E-state index contributed by atoms with van der Waals surface area (Å²) < 4.78 is 0. The topological polar surface area (TPSA) is 49.4 Å². The van der Waals surface area contributed by atoms with Gasteiger partial charge in [0, 0.05) is 0 Å². The molecule has 0 aliphatic heterocycles. The van der Waals surface area contributed by atoms with Gasteiger partial charge in [-0.25, -0.2) is 10.1 Å². The van der Waals surface area contributed by atoms with E-state index in [0.29, 0.717) is 0 Å². The van der Waals surface area contributed by atoms with Gasteiger partial charge in [0.15, 0.2) is 0 Å². The monoisotopic (exact) mass is 77.0 g/mol. The van der Waals surface area contributed by atoms with Crippen LogP contribution in [0, 0.1) is 0 Å². The third kappa shape index (κ3) is 3.88. The van der Waals surface area contributed by atoms with E-state index in [1.807, 2.05) is 0 Å². The van der Waals surface area contributed by atoms with Gasteiger partial charge in [0.2, 0.25) is 6.29 Å². The normalized spacial score (nSPS) is 15.0. The van der Waals surface area contributed by atoms with Crippen molar-refractivity contribution in [3.05, 3.63) is 0 Å². The van der Waals surface area contributed by atoms with Crippen LogP contribution < -0.4 is 0 Å². The Morgan fingerprint density at radius 1 is 2.00 bits per heavy atom. The summed E-state index contributed by atoms with van der Waals surface area (Å²) in [5.41, 5.74) is 0. The maximum absolute atomic E-state index is 9.42. The van der Waals surface area contributed by atoms with Crippen LogP contribution in [-0.4, -0.2) is 11.5 Å². The third-order valence-electron chi connectivity index (χ3n) is 0.148. The first-order valence-corrected chi connectivity index (χ1v) is 1.23. The van der Waals surface area contributed by atoms with Gasteiger partial charge in [0.1, 0.15) is 0 Å². The molecule has 3 heteroatoms. The zero-order chi connectivity index (χ0) is 4.28. The Morgan fingerprint density at radius 3 is 2.20 bits per heavy atom. The molecular formula is C2H5O3. The first-order valence-electron chi connectivity index (χ1n) is 1.23. The molecule has 0 aromatic rings. The predicted molar refractivity (Wildman–Crippen MR) is 13.9 cm³/mol. The van der Waals surface area contributed by atoms with Crippen molar-refractivity contribution in [2.45, 2.75) is 13.2 Å². The molecule has 3 nitrogen and oxygen atoms in total. The van der Waals surface area contributed by atoms with Crippen LogP contribution in [0.2, 0.25) is 0 Å². The molecule has 0 aliphatic rings. The lowest BCUT2D eigenvalue weighted by molar-refractivity contribution is -0.342. The van der Waals surface area contributed by atoms with Gasteiger partial charge in [-0.1, -0.05) is 0 Å². The van der Waals surface area contributed by atoms with E-state index in [1.54, 1.807) is 0 Å². The quantitative estimate of drug-likeness (QED) is 0.277. The molecule has 5 heavy (non-hydrogen) atoms. The van der Waals surface area contributed by atoms with E-state index in [2.05, 4.69) is 4.89 Å². The SMILES string of the molecule is CC([O])OO. The molecule has 0 rings (SSSR count). The summed E-state index contributed by atoms with van der Waals surface area (Å²) in [5, 5.41) is 16.8. The molecule has 0 spiro atoms. The molecule has 0 saturated carbocycles. The van der Waals surface area contributed by atoms with E-state index in [0.717, 1.165) is 0 Å². The van der Waals surface area contributed by atoms with Crippen LogP contribution in [0.5, 0.6) is 0 Å². The second kappa shape index (κ2) is 2.14. The van der Waals surface area contributed by atoms with Crippen LogP contribution in [0.15, 0.2) is 0 Å². The van der Waals surface area contributed by atoms with Crippen molar-refractivity contribution < 1.29 is 15.3 Å². The van der Waals surface area contributed by atoms with Crippen LogP contribution in [0.3, 0.4) is 0 Å². The fourth-order valence-corrected chi connectivity index (χ4v) is 0. The molecule has 0 aromatic carbocycles. The molecule has 1 N–H and O–H groups in total. The van der Waals surface area contributed by atoms with Crippen molar-refractivity contribution in [1.82, 2.24) is 0 Å². The highest BCUT2D eigenvalue weighted by Crippen LogP contribution is 1.73. The van der Waals surface area contributed by atoms with Gasteiger partial charge < -0.3 is 0 Å². The second-order valence-corrected chi connectivity index (χ2v) is 0.673. The summed E-state index contributed by atoms with van der Waals surface area (Å²) >= 11 is 0. The maximum Gasteiger partial charge on any atom is 0.221 e. The van der Waals surface area contributed by atoms with Crippen molar-refractivity contribution in [1.29, 1.82) is 0 Å². The molecule has 1 radical (unpaired) electrons. The molecule has 0 bridgehead atoms. The average Bonchev–Trinajstić information content (AvgIpc) is 1.38. The van der Waals surface area contributed by atoms with Crippen molar-refractivity contribution in [2.24, 2.45) is 0 Å². The van der Waals surface area contributed by atoms with Crippen LogP contribution in [0.25, 0.3) is 0 Å². The number of rotatable bonds is 1. The van der Waals surface area contributed by atoms with E-state index in [4.69, 9.17) is 5.26 Å². The molecule has 1 unspecified atom stereocenters. The van der Waals surface area contributed by atoms with Gasteiger partial charge in [0.05, 0.1) is 0 Å². The lowest BCUT2D eigenvalue weighted by Gasteiger charge is -1.87. The molecular weight excluding hydrogens is 72.0 g/mol. The van der Waals surface area contributed by atoms with Crippen LogP contribution >= 0.6 is 0 Å². The molecule has 0 fully saturated rings. The Kier molecular flexibility index (Phi) is 2.09. The Balaban J connectivity index is 2.54. The van der Waals surface area contributed by atoms with Crippen LogP contribution in [-0.2, 0) is 9.99 Å². The Bertz CT molecular complexity index is 18.9. The lowest BCUT2D eigenvalue weighted by atomic mass is 10.8. The Labute approximate surface area is 29.7 Å². The largest absolute Gasteiger partial charge is 0.249 e. The standard InChI is InChI=1S/C2H5O3/c1-2(3)5-4/h2,4H,1H3. The molecule has 0 aromatic heterocycles. The second-order valence-electron chi connectivity index (χ2n) is 0.673. The highest BCUT2D eigenvalue weighted by atomic mass is 17.1. The van der Waals surface area contributed by atoms with Gasteiger partial charge in [-0.2, -0.15) is 5.11 Å². The van der Waals surface area contributed by atoms with Gasteiger partial charge in [-0.3, -0.25) is 0 Å². The minimum absolute atomic E-state index is 1.19. The van der Waals surface area contributed by atoms with Crippen molar-refractivity contribution >= 4 is 0 Å². The summed E-state index contributed by atoms with van der Waals surface area (Å²) in [6.07, 6.45) is -1.31. The van der Waals surface area contributed by atoms with Crippen molar-refractivity contribution in [3.8, 4) is 0 Å². The average molecular weight is 77.1 g/mol. The zero-order valence-electron chi connectivity index (χ0n) is 2.84. The fraction of sp³-hybridized carbons (Fsp3) is 1.00. The highest BCUT2D eigenvalue weighted by molar-refractivity contribution is 4.05. The molecule has 1 atom stereocenters. The van der Waals surface area contributed by atoms with Gasteiger partial charge >= 0.3 is 0 Å². The molecule has 31 valence electrons. The Hall–Kier alpha value is -0.120. The van der Waals surface area contributed by atoms with E-state index in [1.165, 1.54) is 6.92 Å². The molecule has 0 aliphatic carbocycles. The van der Waals surface area contributed by atoms with Crippen molar-refractivity contribution in [2.75, 3.05) is 0 Å². The maximum atomic E-state index is 9.42. The lowest BCUT2D eigenvalue weighted by Crippen LogP contribution is -1.98. The fourth-order valence-electron chi connectivity index (χ4n) is 0. The summed E-state index contributed by atoms with van der Waals surface area (Å²) in [6.45, 7) is 1.19. The van der Waals surface area contributed by atoms with Crippen LogP contribution in [0.1, 0.15) is 6.92 Å². The molecule has 0 saturated heterocycles. The summed E-state index contributed by atoms with van der Waals surface area (Å²) in [6, 6.07) is 0. The van der Waals surface area contributed by atoms with Crippen LogP contribution in [0.4, 0.5) is 0 Å². The van der Waals surface area contributed by atoms with Gasteiger partial charge in [-0.05, 0) is 6.92 Å². The number of hydrogen-bond acceptors (Lipinski definition) is 2. The highest BCUT2D eigenvalue weighted by Gasteiger charge is 1.87.